The summed E-state index contributed by atoms with van der Waals surface area (Å²) in [5, 5.41) is 2.90. The zero-order valence-electron chi connectivity index (χ0n) is 15.9. The maximum Gasteiger partial charge on any atom is 0.244 e. The van der Waals surface area contributed by atoms with Gasteiger partial charge in [0.25, 0.3) is 0 Å². The van der Waals surface area contributed by atoms with E-state index in [2.05, 4.69) is 5.32 Å². The van der Waals surface area contributed by atoms with E-state index in [0.717, 1.165) is 27.8 Å². The van der Waals surface area contributed by atoms with E-state index >= 15 is 0 Å². The second-order valence-electron chi connectivity index (χ2n) is 6.59. The lowest BCUT2D eigenvalue weighted by Gasteiger charge is -2.29. The van der Waals surface area contributed by atoms with Crippen molar-refractivity contribution in [2.45, 2.75) is 39.3 Å². The maximum atomic E-state index is 13.6. The molecular formula is C20H25FN2O3S. The average molecular weight is 392 g/mol. The lowest BCUT2D eigenvalue weighted by atomic mass is 10.0. The first-order valence-corrected chi connectivity index (χ1v) is 10.6. The van der Waals surface area contributed by atoms with Crippen molar-refractivity contribution >= 4 is 21.6 Å². The molecule has 7 heteroatoms. The SMILES string of the molecule is CCC(NC(=O)C(C)N(c1cccc(F)c1)S(C)(=O)=O)c1ccc(C)cc1. The number of rotatable bonds is 7. The molecule has 0 aromatic heterocycles. The molecule has 0 saturated carbocycles. The van der Waals surface area contributed by atoms with Gasteiger partial charge in [0, 0.05) is 0 Å². The number of carbonyl (C=O) groups is 1. The lowest BCUT2D eigenvalue weighted by molar-refractivity contribution is -0.122. The Hall–Kier alpha value is -2.41. The summed E-state index contributed by atoms with van der Waals surface area (Å²) in [5.74, 6) is -1.02. The summed E-state index contributed by atoms with van der Waals surface area (Å²) in [5.41, 5.74) is 2.17. The topological polar surface area (TPSA) is 66.5 Å². The van der Waals surface area contributed by atoms with Crippen molar-refractivity contribution in [2.24, 2.45) is 0 Å². The van der Waals surface area contributed by atoms with Gasteiger partial charge in [-0.15, -0.1) is 0 Å². The van der Waals surface area contributed by atoms with Gasteiger partial charge in [0.05, 0.1) is 18.0 Å². The molecule has 0 radical (unpaired) electrons. The molecule has 146 valence electrons. The molecular weight excluding hydrogens is 367 g/mol. The van der Waals surface area contributed by atoms with Gasteiger partial charge in [0.1, 0.15) is 11.9 Å². The average Bonchev–Trinajstić information content (AvgIpc) is 2.59. The molecule has 0 aliphatic heterocycles. The molecule has 0 saturated heterocycles. The number of nitrogens with zero attached hydrogens (tertiary/aromatic N) is 1. The Morgan fingerprint density at radius 1 is 1.19 bits per heavy atom. The number of nitrogens with one attached hydrogen (secondary N) is 1. The highest BCUT2D eigenvalue weighted by Gasteiger charge is 2.30. The number of aryl methyl sites for hydroxylation is 1. The summed E-state index contributed by atoms with van der Waals surface area (Å²) in [6.45, 7) is 5.41. The molecule has 1 N–H and O–H groups in total. The molecule has 2 aromatic carbocycles. The molecule has 0 bridgehead atoms. The molecule has 0 aliphatic rings. The molecule has 2 rings (SSSR count). The van der Waals surface area contributed by atoms with Crippen LogP contribution in [0.3, 0.4) is 0 Å². The van der Waals surface area contributed by atoms with Crippen molar-refractivity contribution in [1.29, 1.82) is 0 Å². The van der Waals surface area contributed by atoms with Crippen LogP contribution in [-0.4, -0.2) is 26.6 Å². The van der Waals surface area contributed by atoms with Crippen LogP contribution < -0.4 is 9.62 Å². The fourth-order valence-corrected chi connectivity index (χ4v) is 4.10. The third kappa shape index (κ3) is 5.29. The third-order valence-corrected chi connectivity index (χ3v) is 5.60. The molecule has 27 heavy (non-hydrogen) atoms. The van der Waals surface area contributed by atoms with Crippen molar-refractivity contribution in [3.63, 3.8) is 0 Å². The van der Waals surface area contributed by atoms with Crippen LogP contribution in [0.5, 0.6) is 0 Å². The van der Waals surface area contributed by atoms with Crippen LogP contribution in [0.2, 0.25) is 0 Å². The molecule has 0 heterocycles. The fourth-order valence-electron chi connectivity index (χ4n) is 2.93. The van der Waals surface area contributed by atoms with Gasteiger partial charge in [0.2, 0.25) is 15.9 Å². The molecule has 2 aromatic rings. The van der Waals surface area contributed by atoms with E-state index in [0.29, 0.717) is 6.42 Å². The predicted molar refractivity (Wildman–Crippen MR) is 106 cm³/mol. The number of hydrogen-bond donors (Lipinski definition) is 1. The Kier molecular flexibility index (Phi) is 6.59. The van der Waals surface area contributed by atoms with Crippen molar-refractivity contribution in [2.75, 3.05) is 10.6 Å². The van der Waals surface area contributed by atoms with E-state index in [4.69, 9.17) is 0 Å². The molecule has 0 fully saturated rings. The summed E-state index contributed by atoms with van der Waals surface area (Å²) in [6, 6.07) is 11.7. The minimum absolute atomic E-state index is 0.114. The second kappa shape index (κ2) is 8.52. The van der Waals surface area contributed by atoms with Crippen LogP contribution in [0.1, 0.15) is 37.4 Å². The third-order valence-electron chi connectivity index (χ3n) is 4.36. The van der Waals surface area contributed by atoms with Crippen LogP contribution in [0.15, 0.2) is 48.5 Å². The highest BCUT2D eigenvalue weighted by atomic mass is 32.2. The zero-order valence-corrected chi connectivity index (χ0v) is 16.8. The van der Waals surface area contributed by atoms with Crippen molar-refractivity contribution < 1.29 is 17.6 Å². The summed E-state index contributed by atoms with van der Waals surface area (Å²) in [4.78, 5) is 12.8. The molecule has 2 unspecified atom stereocenters. The maximum absolute atomic E-state index is 13.6. The molecule has 0 aliphatic carbocycles. The van der Waals surface area contributed by atoms with E-state index in [1.165, 1.54) is 25.1 Å². The summed E-state index contributed by atoms with van der Waals surface area (Å²) < 4.78 is 39.1. The van der Waals surface area contributed by atoms with Crippen molar-refractivity contribution in [1.82, 2.24) is 5.32 Å². The Balaban J connectivity index is 2.27. The minimum Gasteiger partial charge on any atom is -0.347 e. The summed E-state index contributed by atoms with van der Waals surface area (Å²) in [7, 11) is -3.79. The summed E-state index contributed by atoms with van der Waals surface area (Å²) >= 11 is 0. The Bertz CT molecular complexity index is 898. The Labute approximate surface area is 160 Å². The number of hydrogen-bond acceptors (Lipinski definition) is 3. The fraction of sp³-hybridized carbons (Fsp3) is 0.350. The van der Waals surface area contributed by atoms with Gasteiger partial charge >= 0.3 is 0 Å². The predicted octanol–water partition coefficient (Wildman–Crippen LogP) is 3.56. The van der Waals surface area contributed by atoms with Crippen LogP contribution in [-0.2, 0) is 14.8 Å². The van der Waals surface area contributed by atoms with Crippen molar-refractivity contribution in [3.8, 4) is 0 Å². The van der Waals surface area contributed by atoms with E-state index in [9.17, 15) is 17.6 Å². The second-order valence-corrected chi connectivity index (χ2v) is 8.45. The van der Waals surface area contributed by atoms with E-state index in [-0.39, 0.29) is 11.7 Å². The zero-order chi connectivity index (χ0) is 20.2. The van der Waals surface area contributed by atoms with Crippen LogP contribution in [0.4, 0.5) is 10.1 Å². The van der Waals surface area contributed by atoms with E-state index in [1.54, 1.807) is 0 Å². The van der Waals surface area contributed by atoms with Crippen LogP contribution >= 0.6 is 0 Å². The number of halogens is 1. The van der Waals surface area contributed by atoms with Gasteiger partial charge in [0.15, 0.2) is 0 Å². The van der Waals surface area contributed by atoms with Gasteiger partial charge in [-0.2, -0.15) is 0 Å². The van der Waals surface area contributed by atoms with Crippen molar-refractivity contribution in [3.05, 3.63) is 65.5 Å². The normalized spacial score (nSPS) is 13.7. The first-order chi connectivity index (χ1) is 12.6. The number of carbonyl (C=O) groups excluding carboxylic acids is 1. The monoisotopic (exact) mass is 392 g/mol. The highest BCUT2D eigenvalue weighted by molar-refractivity contribution is 7.92. The first kappa shape index (κ1) is 20.9. The molecule has 0 spiro atoms. The Morgan fingerprint density at radius 3 is 2.33 bits per heavy atom. The van der Waals surface area contributed by atoms with E-state index < -0.39 is 27.8 Å². The molecule has 2 atom stereocenters. The van der Waals surface area contributed by atoms with Gasteiger partial charge < -0.3 is 5.32 Å². The first-order valence-electron chi connectivity index (χ1n) is 8.75. The van der Waals surface area contributed by atoms with Gasteiger partial charge in [-0.25, -0.2) is 12.8 Å². The summed E-state index contributed by atoms with van der Waals surface area (Å²) in [6.07, 6.45) is 1.65. The van der Waals surface area contributed by atoms with Crippen LogP contribution in [0, 0.1) is 12.7 Å². The highest BCUT2D eigenvalue weighted by Crippen LogP contribution is 2.23. The Morgan fingerprint density at radius 2 is 1.81 bits per heavy atom. The number of sulfonamides is 1. The molecule has 5 nitrogen and oxygen atoms in total. The number of anilines is 1. The number of amides is 1. The largest absolute Gasteiger partial charge is 0.347 e. The van der Waals surface area contributed by atoms with Gasteiger partial charge in [-0.3, -0.25) is 9.10 Å². The minimum atomic E-state index is -3.79. The van der Waals surface area contributed by atoms with Crippen LogP contribution in [0.25, 0.3) is 0 Å². The number of benzene rings is 2. The van der Waals surface area contributed by atoms with Gasteiger partial charge in [-0.1, -0.05) is 42.8 Å². The lowest BCUT2D eigenvalue weighted by Crippen LogP contribution is -2.48. The van der Waals surface area contributed by atoms with Gasteiger partial charge in [-0.05, 0) is 44.0 Å². The molecule has 1 amide bonds. The quantitative estimate of drug-likeness (QED) is 0.784. The smallest absolute Gasteiger partial charge is 0.244 e. The standard InChI is InChI=1S/C20H25FN2O3S/c1-5-19(16-11-9-14(2)10-12-16)22-20(24)15(3)23(27(4,25)26)18-8-6-7-17(21)13-18/h6-13,15,19H,5H2,1-4H3,(H,22,24). The van der Waals surface area contributed by atoms with E-state index in [1.807, 2.05) is 38.1 Å².